The lowest BCUT2D eigenvalue weighted by Crippen LogP contribution is -2.08. The van der Waals surface area contributed by atoms with Gasteiger partial charge >= 0.3 is 6.18 Å². The average Bonchev–Trinajstić information content (AvgIpc) is 2.78. The van der Waals surface area contributed by atoms with Gasteiger partial charge in [-0.1, -0.05) is 17.7 Å². The fourth-order valence-electron chi connectivity index (χ4n) is 1.89. The molecule has 102 valence electrons. The molecule has 0 aliphatic rings. The number of nitrogens with zero attached hydrogens (tertiary/aromatic N) is 4. The fraction of sp³-hybridized carbons (Fsp3) is 0.0833. The van der Waals surface area contributed by atoms with Crippen LogP contribution < -0.4 is 0 Å². The summed E-state index contributed by atoms with van der Waals surface area (Å²) in [6, 6.07) is 4.70. The van der Waals surface area contributed by atoms with Crippen molar-refractivity contribution in [1.29, 1.82) is 0 Å². The highest BCUT2D eigenvalue weighted by Gasteiger charge is 2.38. The van der Waals surface area contributed by atoms with Gasteiger partial charge in [0.05, 0.1) is 12.4 Å². The summed E-state index contributed by atoms with van der Waals surface area (Å²) < 4.78 is 40.7. The molecule has 0 radical (unpaired) electrons. The van der Waals surface area contributed by atoms with Crippen molar-refractivity contribution < 1.29 is 13.2 Å². The van der Waals surface area contributed by atoms with E-state index in [1.807, 2.05) is 0 Å². The first-order valence-corrected chi connectivity index (χ1v) is 5.87. The molecular weight excluding hydrogens is 293 g/mol. The van der Waals surface area contributed by atoms with E-state index in [-0.39, 0.29) is 22.2 Å². The second-order valence-electron chi connectivity index (χ2n) is 3.96. The third-order valence-corrected chi connectivity index (χ3v) is 2.83. The van der Waals surface area contributed by atoms with Crippen LogP contribution in [0.4, 0.5) is 13.2 Å². The second kappa shape index (κ2) is 4.45. The number of fused-ring (bicyclic) bond motifs is 1. The van der Waals surface area contributed by atoms with Crippen molar-refractivity contribution in [3.05, 3.63) is 47.6 Å². The maximum atomic E-state index is 13.1. The largest absolute Gasteiger partial charge is 0.435 e. The van der Waals surface area contributed by atoms with Gasteiger partial charge in [0.1, 0.15) is 22.2 Å². The van der Waals surface area contributed by atoms with E-state index in [1.54, 1.807) is 12.1 Å². The van der Waals surface area contributed by atoms with Gasteiger partial charge < -0.3 is 0 Å². The Morgan fingerprint density at radius 1 is 1.10 bits per heavy atom. The molecule has 0 aromatic carbocycles. The molecule has 0 amide bonds. The van der Waals surface area contributed by atoms with Crippen molar-refractivity contribution in [3.63, 3.8) is 0 Å². The quantitative estimate of drug-likeness (QED) is 0.691. The molecule has 3 aromatic rings. The van der Waals surface area contributed by atoms with Crippen LogP contribution in [0.25, 0.3) is 17.0 Å². The van der Waals surface area contributed by atoms with Gasteiger partial charge in [-0.15, -0.1) is 0 Å². The Hall–Kier alpha value is -2.15. The van der Waals surface area contributed by atoms with E-state index in [1.165, 1.54) is 29.1 Å². The smallest absolute Gasteiger partial charge is 0.298 e. The third-order valence-electron chi connectivity index (χ3n) is 2.65. The van der Waals surface area contributed by atoms with E-state index in [0.717, 1.165) is 0 Å². The molecule has 0 saturated heterocycles. The summed E-state index contributed by atoms with van der Waals surface area (Å²) in [5.74, 6) is 0. The van der Waals surface area contributed by atoms with Gasteiger partial charge in [0, 0.05) is 6.20 Å². The van der Waals surface area contributed by atoms with Crippen LogP contribution in [0.15, 0.2) is 36.8 Å². The van der Waals surface area contributed by atoms with E-state index in [9.17, 15) is 13.2 Å². The van der Waals surface area contributed by atoms with Crippen LogP contribution >= 0.6 is 11.6 Å². The molecule has 0 N–H and O–H groups in total. The Bertz CT molecular complexity index is 782. The minimum absolute atomic E-state index is 0.0153. The van der Waals surface area contributed by atoms with Gasteiger partial charge in [-0.05, 0) is 12.1 Å². The first kappa shape index (κ1) is 12.9. The third kappa shape index (κ3) is 2.09. The lowest BCUT2D eigenvalue weighted by atomic mass is 10.2. The Morgan fingerprint density at radius 3 is 2.60 bits per heavy atom. The maximum Gasteiger partial charge on any atom is 0.435 e. The van der Waals surface area contributed by atoms with Crippen molar-refractivity contribution in [1.82, 2.24) is 19.4 Å². The predicted molar refractivity (Wildman–Crippen MR) is 66.2 cm³/mol. The van der Waals surface area contributed by atoms with E-state index in [4.69, 9.17) is 11.6 Å². The first-order chi connectivity index (χ1) is 9.47. The molecule has 0 saturated carbocycles. The van der Waals surface area contributed by atoms with Crippen molar-refractivity contribution >= 4 is 17.2 Å². The number of halogens is 4. The number of rotatable bonds is 1. The summed E-state index contributed by atoms with van der Waals surface area (Å²) in [6.07, 6.45) is -0.639. The van der Waals surface area contributed by atoms with Crippen molar-refractivity contribution in [2.45, 2.75) is 6.18 Å². The van der Waals surface area contributed by atoms with Crippen molar-refractivity contribution in [2.75, 3.05) is 0 Å². The lowest BCUT2D eigenvalue weighted by Gasteiger charge is -2.07. The minimum Gasteiger partial charge on any atom is -0.298 e. The van der Waals surface area contributed by atoms with Crippen LogP contribution in [0.5, 0.6) is 0 Å². The summed E-state index contributed by atoms with van der Waals surface area (Å²) in [5, 5.41) is 0.0153. The monoisotopic (exact) mass is 298 g/mol. The molecule has 8 heteroatoms. The maximum absolute atomic E-state index is 13.1. The normalized spacial score (nSPS) is 12.0. The molecule has 0 aliphatic carbocycles. The van der Waals surface area contributed by atoms with E-state index < -0.39 is 11.9 Å². The van der Waals surface area contributed by atoms with Crippen molar-refractivity contribution in [3.8, 4) is 11.4 Å². The molecule has 3 rings (SSSR count). The predicted octanol–water partition coefficient (Wildman–Crippen LogP) is 3.46. The number of aromatic nitrogens is 4. The van der Waals surface area contributed by atoms with Crippen LogP contribution in [0, 0.1) is 0 Å². The summed E-state index contributed by atoms with van der Waals surface area (Å²) in [6.45, 7) is 0. The molecule has 3 heterocycles. The van der Waals surface area contributed by atoms with Crippen LogP contribution in [-0.4, -0.2) is 19.4 Å². The van der Waals surface area contributed by atoms with Gasteiger partial charge in [-0.2, -0.15) is 13.2 Å². The van der Waals surface area contributed by atoms with Crippen LogP contribution in [0.3, 0.4) is 0 Å². The summed E-state index contributed by atoms with van der Waals surface area (Å²) in [7, 11) is 0. The molecule has 4 nitrogen and oxygen atoms in total. The topological polar surface area (TPSA) is 43.1 Å². The number of hydrogen-bond acceptors (Lipinski definition) is 3. The summed E-state index contributed by atoms with van der Waals surface area (Å²) in [4.78, 5) is 11.3. The van der Waals surface area contributed by atoms with Crippen molar-refractivity contribution in [2.24, 2.45) is 0 Å². The zero-order chi connectivity index (χ0) is 14.3. The first-order valence-electron chi connectivity index (χ1n) is 5.49. The summed E-state index contributed by atoms with van der Waals surface area (Å²) in [5.41, 5.74) is -0.997. The number of alkyl halides is 3. The number of pyridine rings is 1. The van der Waals surface area contributed by atoms with Crippen LogP contribution in [-0.2, 0) is 6.18 Å². The number of hydrogen-bond donors (Lipinski definition) is 0. The zero-order valence-corrected chi connectivity index (χ0v) is 10.5. The lowest BCUT2D eigenvalue weighted by molar-refractivity contribution is -0.140. The number of imidazole rings is 1. The van der Waals surface area contributed by atoms with E-state index in [2.05, 4.69) is 15.0 Å². The van der Waals surface area contributed by atoms with E-state index >= 15 is 0 Å². The molecule has 3 aromatic heterocycles. The Morgan fingerprint density at radius 2 is 1.90 bits per heavy atom. The highest BCUT2D eigenvalue weighted by atomic mass is 35.5. The van der Waals surface area contributed by atoms with Gasteiger partial charge in [-0.25, -0.2) is 9.97 Å². The average molecular weight is 299 g/mol. The van der Waals surface area contributed by atoms with Crippen LogP contribution in [0.1, 0.15) is 5.69 Å². The van der Waals surface area contributed by atoms with Gasteiger partial charge in [0.2, 0.25) is 0 Å². The highest BCUT2D eigenvalue weighted by molar-refractivity contribution is 6.29. The Kier molecular flexibility index (Phi) is 2.86. The molecule has 0 aliphatic heterocycles. The van der Waals surface area contributed by atoms with Gasteiger partial charge in [0.15, 0.2) is 5.69 Å². The molecular formula is C12H6ClF3N4. The Balaban J connectivity index is 2.37. The molecule has 0 spiro atoms. The Labute approximate surface area is 115 Å². The van der Waals surface area contributed by atoms with Crippen LogP contribution in [0.2, 0.25) is 5.15 Å². The molecule has 0 bridgehead atoms. The van der Waals surface area contributed by atoms with Gasteiger partial charge in [-0.3, -0.25) is 9.38 Å². The highest BCUT2D eigenvalue weighted by Crippen LogP contribution is 2.36. The minimum atomic E-state index is -4.59. The zero-order valence-electron chi connectivity index (χ0n) is 9.76. The van der Waals surface area contributed by atoms with E-state index in [0.29, 0.717) is 0 Å². The molecule has 0 atom stereocenters. The molecule has 20 heavy (non-hydrogen) atoms. The summed E-state index contributed by atoms with van der Waals surface area (Å²) >= 11 is 5.70. The van der Waals surface area contributed by atoms with Gasteiger partial charge in [0.25, 0.3) is 0 Å². The fourth-order valence-corrected chi connectivity index (χ4v) is 2.04. The molecule has 0 fully saturated rings. The standard InChI is InChI=1S/C12H6ClF3N4/c13-8-6-17-5-7(18-8)10-11(12(14,15)16)19-9-3-1-2-4-20(9)10/h1-6H. The molecule has 0 unspecified atom stereocenters. The SMILES string of the molecule is FC(F)(F)c1nc2ccccn2c1-c1cncc(Cl)n1. The second-order valence-corrected chi connectivity index (χ2v) is 4.35.